The molecule has 0 fully saturated rings. The van der Waals surface area contributed by atoms with Gasteiger partial charge in [-0.3, -0.25) is 0 Å². The van der Waals surface area contributed by atoms with E-state index in [0.29, 0.717) is 0 Å². The van der Waals surface area contributed by atoms with E-state index < -0.39 is 0 Å². The van der Waals surface area contributed by atoms with Gasteiger partial charge in [-0.05, 0) is 0 Å². The Balaban J connectivity index is 2.86. The number of halogens is 1. The maximum absolute atomic E-state index is 5.69. The van der Waals surface area contributed by atoms with E-state index in [2.05, 4.69) is 15.9 Å². The second-order valence-corrected chi connectivity index (χ2v) is 2.25. The minimum atomic E-state index is 0.107. The van der Waals surface area contributed by atoms with Crippen LogP contribution in [0.1, 0.15) is 0 Å². The van der Waals surface area contributed by atoms with Crippen LogP contribution in [0.5, 0.6) is 5.88 Å². The average molecular weight is 184 g/mol. The highest BCUT2D eigenvalue weighted by Crippen LogP contribution is 2.24. The van der Waals surface area contributed by atoms with Gasteiger partial charge in [0.05, 0.1) is 0 Å². The number of ether oxygens (including phenoxy) is 1. The molecule has 0 saturated heterocycles. The summed E-state index contributed by atoms with van der Waals surface area (Å²) in [6.45, 7) is 0.107. The Morgan fingerprint density at radius 2 is 2.42 bits per heavy atom. The topological polar surface area (TPSA) is 61.0 Å². The number of terminal acetylenes is 1. The molecule has 5 heteroatoms. The van der Waals surface area contributed by atoms with Crippen LogP contribution in [-0.4, -0.2) is 16.6 Å². The largest absolute Gasteiger partial charge is 0.463 e. The van der Waals surface area contributed by atoms with E-state index in [1.54, 1.807) is 0 Å². The average Bonchev–Trinajstić information content (AvgIpc) is 2.08. The van der Waals surface area contributed by atoms with Crippen LogP contribution in [0.4, 0.5) is 5.82 Å². The molecule has 0 unspecified atom stereocenters. The number of rotatable bonds is 2. The molecule has 0 amide bonds. The third-order valence-electron chi connectivity index (χ3n) is 1.08. The molecule has 0 aliphatic heterocycles. The highest BCUT2D eigenvalue weighted by Gasteiger charge is 2.05. The fourth-order valence-corrected chi connectivity index (χ4v) is 0.729. The number of nitrogens with two attached hydrogens (primary N) is 1. The first kappa shape index (κ1) is 8.62. The number of hydrogen-bond acceptors (Lipinski definition) is 4. The van der Waals surface area contributed by atoms with Gasteiger partial charge in [-0.25, -0.2) is 9.97 Å². The molecule has 4 nitrogen and oxygen atoms in total. The lowest BCUT2D eigenvalue weighted by molar-refractivity contribution is 0.355. The van der Waals surface area contributed by atoms with Gasteiger partial charge in [0, 0.05) is 0 Å². The Morgan fingerprint density at radius 1 is 1.67 bits per heavy atom. The van der Waals surface area contributed by atoms with Crippen molar-refractivity contribution >= 4 is 17.4 Å². The monoisotopic (exact) mass is 183 g/mol. The van der Waals surface area contributed by atoms with Crippen molar-refractivity contribution in [3.63, 3.8) is 0 Å². The molecule has 1 rings (SSSR count). The zero-order valence-electron chi connectivity index (χ0n) is 6.12. The van der Waals surface area contributed by atoms with Gasteiger partial charge in [0.15, 0.2) is 6.61 Å². The zero-order chi connectivity index (χ0) is 8.97. The zero-order valence-corrected chi connectivity index (χ0v) is 6.88. The summed E-state index contributed by atoms with van der Waals surface area (Å²) in [5.74, 6) is 2.67. The lowest BCUT2D eigenvalue weighted by atomic mass is 10.5. The van der Waals surface area contributed by atoms with E-state index in [0.717, 1.165) is 0 Å². The van der Waals surface area contributed by atoms with Gasteiger partial charge >= 0.3 is 0 Å². The van der Waals surface area contributed by atoms with Gasteiger partial charge in [0.1, 0.15) is 17.2 Å². The van der Waals surface area contributed by atoms with E-state index in [1.165, 1.54) is 6.33 Å². The molecule has 0 saturated carbocycles. The first-order valence-corrected chi connectivity index (χ1v) is 3.45. The van der Waals surface area contributed by atoms with Crippen molar-refractivity contribution < 1.29 is 4.74 Å². The number of anilines is 1. The third kappa shape index (κ3) is 1.77. The van der Waals surface area contributed by atoms with Gasteiger partial charge in [-0.1, -0.05) is 17.5 Å². The minimum absolute atomic E-state index is 0.107. The van der Waals surface area contributed by atoms with E-state index >= 15 is 0 Å². The molecule has 2 N–H and O–H groups in total. The minimum Gasteiger partial charge on any atom is -0.463 e. The summed E-state index contributed by atoms with van der Waals surface area (Å²) in [5, 5.41) is 0.188. The molecule has 0 aromatic carbocycles. The standard InChI is InChI=1S/C7H6ClN3O/c1-2-3-12-7-5(8)6(9)10-4-11-7/h1,4H,3H2,(H2,9,10,11). The molecular formula is C7H6ClN3O. The molecule has 1 aromatic heterocycles. The molecule has 12 heavy (non-hydrogen) atoms. The number of aromatic nitrogens is 2. The van der Waals surface area contributed by atoms with Gasteiger partial charge in [0.2, 0.25) is 5.88 Å². The van der Waals surface area contributed by atoms with Crippen molar-refractivity contribution in [3.05, 3.63) is 11.3 Å². The maximum Gasteiger partial charge on any atom is 0.238 e. The molecule has 1 heterocycles. The molecule has 0 spiro atoms. The van der Waals surface area contributed by atoms with Gasteiger partial charge < -0.3 is 10.5 Å². The Labute approximate surface area is 74.7 Å². The van der Waals surface area contributed by atoms with Gasteiger partial charge in [-0.2, -0.15) is 0 Å². The van der Waals surface area contributed by atoms with Crippen molar-refractivity contribution in [2.75, 3.05) is 12.3 Å². The van der Waals surface area contributed by atoms with E-state index in [-0.39, 0.29) is 23.3 Å². The summed E-state index contributed by atoms with van der Waals surface area (Å²) in [4.78, 5) is 7.39. The SMILES string of the molecule is C#CCOc1ncnc(N)c1Cl. The highest BCUT2D eigenvalue weighted by atomic mass is 35.5. The maximum atomic E-state index is 5.69. The molecule has 0 aliphatic carbocycles. The van der Waals surface area contributed by atoms with Crippen molar-refractivity contribution in [1.29, 1.82) is 0 Å². The van der Waals surface area contributed by atoms with Crippen LogP contribution in [0.15, 0.2) is 6.33 Å². The van der Waals surface area contributed by atoms with E-state index in [4.69, 9.17) is 28.5 Å². The number of nitrogens with zero attached hydrogens (tertiary/aromatic N) is 2. The first-order valence-electron chi connectivity index (χ1n) is 3.08. The van der Waals surface area contributed by atoms with Crippen LogP contribution in [0.2, 0.25) is 5.02 Å². The van der Waals surface area contributed by atoms with Gasteiger partial charge in [0.25, 0.3) is 0 Å². The smallest absolute Gasteiger partial charge is 0.238 e. The second kappa shape index (κ2) is 3.79. The first-order chi connectivity index (χ1) is 5.75. The van der Waals surface area contributed by atoms with E-state index in [1.807, 2.05) is 0 Å². The lowest BCUT2D eigenvalue weighted by Crippen LogP contribution is -2.00. The van der Waals surface area contributed by atoms with Crippen molar-refractivity contribution in [3.8, 4) is 18.2 Å². The fourth-order valence-electron chi connectivity index (χ4n) is 0.577. The second-order valence-electron chi connectivity index (χ2n) is 1.87. The quantitative estimate of drug-likeness (QED) is 0.687. The molecule has 0 aliphatic rings. The molecular weight excluding hydrogens is 178 g/mol. The van der Waals surface area contributed by atoms with Crippen molar-refractivity contribution in [2.24, 2.45) is 0 Å². The Hall–Kier alpha value is -1.47. The summed E-state index contributed by atoms with van der Waals surface area (Å²) < 4.78 is 4.97. The molecule has 0 bridgehead atoms. The molecule has 0 radical (unpaired) electrons. The summed E-state index contributed by atoms with van der Waals surface area (Å²) in [5.41, 5.74) is 5.38. The summed E-state index contributed by atoms with van der Waals surface area (Å²) in [6, 6.07) is 0. The Morgan fingerprint density at radius 3 is 3.08 bits per heavy atom. The summed E-state index contributed by atoms with van der Waals surface area (Å²) in [7, 11) is 0. The van der Waals surface area contributed by atoms with Crippen LogP contribution in [0.3, 0.4) is 0 Å². The molecule has 0 atom stereocenters. The van der Waals surface area contributed by atoms with Crippen LogP contribution in [0.25, 0.3) is 0 Å². The van der Waals surface area contributed by atoms with E-state index in [9.17, 15) is 0 Å². The number of nitrogen functional groups attached to an aromatic ring is 1. The Bertz CT molecular complexity index is 321. The van der Waals surface area contributed by atoms with Gasteiger partial charge in [-0.15, -0.1) is 6.42 Å². The van der Waals surface area contributed by atoms with Crippen molar-refractivity contribution in [1.82, 2.24) is 9.97 Å². The lowest BCUT2D eigenvalue weighted by Gasteiger charge is -2.03. The van der Waals surface area contributed by atoms with Crippen LogP contribution in [-0.2, 0) is 0 Å². The normalized spacial score (nSPS) is 9.00. The highest BCUT2D eigenvalue weighted by molar-refractivity contribution is 6.33. The van der Waals surface area contributed by atoms with Crippen molar-refractivity contribution in [2.45, 2.75) is 0 Å². The summed E-state index contributed by atoms with van der Waals surface area (Å²) in [6.07, 6.45) is 6.23. The predicted molar refractivity (Wildman–Crippen MR) is 45.8 cm³/mol. The van der Waals surface area contributed by atoms with Crippen LogP contribution < -0.4 is 10.5 Å². The fraction of sp³-hybridized carbons (Fsp3) is 0.143. The molecule has 1 aromatic rings. The summed E-state index contributed by atoms with van der Waals surface area (Å²) >= 11 is 5.69. The number of hydrogen-bond donors (Lipinski definition) is 1. The predicted octanol–water partition coefficient (Wildman–Crippen LogP) is 0.724. The third-order valence-corrected chi connectivity index (χ3v) is 1.43. The Kier molecular flexibility index (Phi) is 2.72. The molecule has 62 valence electrons. The van der Waals surface area contributed by atoms with Crippen LogP contribution in [0, 0.1) is 12.3 Å². The van der Waals surface area contributed by atoms with Crippen LogP contribution >= 0.6 is 11.6 Å².